The molecule has 2 atom stereocenters. The standard InChI is InChI=1S/C90H155NO8/c1-6-8-10-12-14-16-18-20-22-24-26-28-30-32-34-36-38-40-42-44-46-48-50-52-54-56-58-60-62-64-66-68-70-72-74-76-78-80-87(92)97-84-86(85-98-90(89(94)95)96-83-82-91(3,4)5)99-88(93)81-79-77-75-73-71-69-67-65-63-61-59-57-55-53-51-49-47-45-43-41-39-37-35-33-31-29-27-25-23-21-19-17-15-13-11-9-7-2/h8-11,14-17,20-23,26-29,33,35,39,41,45,47,86,90H,6-7,12-13,18-19,24-25,30-32,34,36-38,40,42-44,46,48-85H2,1-5H3/b10-8-,11-9-,16-14-,17-15-,22-20-,23-21-,28-26-,29-27-,35-33-,41-39-,47-45-. The Morgan fingerprint density at radius 1 is 0.303 bits per heavy atom. The summed E-state index contributed by atoms with van der Waals surface area (Å²) in [5.74, 6) is -2.27. The van der Waals surface area contributed by atoms with Crippen LogP contribution >= 0.6 is 0 Å². The number of unbranched alkanes of at least 4 members (excludes halogenated alkanes) is 39. The number of carbonyl (C=O) groups excluding carboxylic acids is 3. The molecule has 568 valence electrons. The SMILES string of the molecule is CC/C=C\C/C=C\C/C=C\C/C=C\C/C=C\C/C=C\C/C=C\CCCCCCCCCCCCCCCCCC(=O)OC(COC(=O)CCCCCCCCCCCCCCCCCCCCCCCCCC/C=C\C/C=C\C/C=C\C/C=C\CC)COC(OCC[N+](C)(C)C)C(=O)[O-]. The number of hydrogen-bond donors (Lipinski definition) is 0. The number of quaternary nitrogens is 1. The Balaban J connectivity index is 4.00. The number of esters is 2. The van der Waals surface area contributed by atoms with Gasteiger partial charge in [-0.2, -0.15) is 0 Å². The van der Waals surface area contributed by atoms with Crippen LogP contribution in [-0.2, 0) is 33.3 Å². The number of hydrogen-bond acceptors (Lipinski definition) is 8. The molecule has 0 saturated carbocycles. The number of carboxylic acid groups (broad SMARTS) is 1. The predicted molar refractivity (Wildman–Crippen MR) is 426 cm³/mol. The zero-order chi connectivity index (χ0) is 71.8. The van der Waals surface area contributed by atoms with Crippen LogP contribution in [0.1, 0.15) is 361 Å². The van der Waals surface area contributed by atoms with E-state index in [0.29, 0.717) is 23.9 Å². The molecule has 9 nitrogen and oxygen atoms in total. The Hall–Kier alpha value is -4.57. The third-order valence-electron chi connectivity index (χ3n) is 17.9. The lowest BCUT2D eigenvalue weighted by atomic mass is 10.0. The minimum atomic E-state index is -1.63. The Morgan fingerprint density at radius 2 is 0.545 bits per heavy atom. The maximum absolute atomic E-state index is 13.0. The highest BCUT2D eigenvalue weighted by atomic mass is 16.7. The minimum absolute atomic E-state index is 0.145. The molecule has 2 unspecified atom stereocenters. The van der Waals surface area contributed by atoms with Crippen LogP contribution in [0.4, 0.5) is 0 Å². The predicted octanol–water partition coefficient (Wildman–Crippen LogP) is 25.5. The number of ether oxygens (including phenoxy) is 4. The molecule has 0 N–H and O–H groups in total. The van der Waals surface area contributed by atoms with Gasteiger partial charge in [0.1, 0.15) is 13.2 Å². The molecular weight excluding hydrogens is 1220 g/mol. The zero-order valence-corrected chi connectivity index (χ0v) is 65.1. The Bertz CT molecular complexity index is 2100. The van der Waals surface area contributed by atoms with E-state index in [1.54, 1.807) is 0 Å². The van der Waals surface area contributed by atoms with Gasteiger partial charge in [0.2, 0.25) is 0 Å². The Labute approximate surface area is 611 Å². The lowest BCUT2D eigenvalue weighted by molar-refractivity contribution is -0.870. The highest BCUT2D eigenvalue weighted by Gasteiger charge is 2.22. The smallest absolute Gasteiger partial charge is 0.306 e. The number of nitrogens with zero attached hydrogens (tertiary/aromatic N) is 1. The van der Waals surface area contributed by atoms with Crippen LogP contribution < -0.4 is 5.11 Å². The van der Waals surface area contributed by atoms with Crippen molar-refractivity contribution in [2.24, 2.45) is 0 Å². The second-order valence-electron chi connectivity index (χ2n) is 28.7. The quantitative estimate of drug-likeness (QED) is 0.0195. The van der Waals surface area contributed by atoms with Gasteiger partial charge in [0, 0.05) is 12.8 Å². The highest BCUT2D eigenvalue weighted by Crippen LogP contribution is 2.19. The molecule has 0 fully saturated rings. The van der Waals surface area contributed by atoms with Gasteiger partial charge >= 0.3 is 11.9 Å². The summed E-state index contributed by atoms with van der Waals surface area (Å²) in [5, 5.41) is 11.9. The number of allylic oxidation sites excluding steroid dienone is 22. The van der Waals surface area contributed by atoms with Crippen molar-refractivity contribution in [3.63, 3.8) is 0 Å². The first-order chi connectivity index (χ1) is 48.6. The molecule has 0 aromatic carbocycles. The summed E-state index contributed by atoms with van der Waals surface area (Å²) in [6.45, 7) is 4.56. The summed E-state index contributed by atoms with van der Waals surface area (Å²) in [7, 11) is 5.94. The van der Waals surface area contributed by atoms with Crippen LogP contribution in [0.5, 0.6) is 0 Å². The van der Waals surface area contributed by atoms with Crippen molar-refractivity contribution in [2.75, 3.05) is 47.5 Å². The molecule has 9 heteroatoms. The largest absolute Gasteiger partial charge is 0.545 e. The van der Waals surface area contributed by atoms with E-state index < -0.39 is 24.3 Å². The van der Waals surface area contributed by atoms with Gasteiger partial charge in [-0.3, -0.25) is 9.59 Å². The third kappa shape index (κ3) is 80.6. The van der Waals surface area contributed by atoms with Crippen LogP contribution in [0.25, 0.3) is 0 Å². The fraction of sp³-hybridized carbons (Fsp3) is 0.722. The van der Waals surface area contributed by atoms with Crippen LogP contribution in [0.15, 0.2) is 134 Å². The maximum atomic E-state index is 13.0. The van der Waals surface area contributed by atoms with Crippen LogP contribution in [0, 0.1) is 0 Å². The normalized spacial score (nSPS) is 13.3. The molecule has 0 aliphatic heterocycles. The number of likely N-dealkylation sites (N-methyl/N-ethyl adjacent to an activating group) is 1. The molecule has 0 saturated heterocycles. The molecule has 0 bridgehead atoms. The first-order valence-corrected chi connectivity index (χ1v) is 41.3. The fourth-order valence-electron chi connectivity index (χ4n) is 11.7. The van der Waals surface area contributed by atoms with E-state index in [9.17, 15) is 19.5 Å². The average molecular weight is 1380 g/mol. The lowest BCUT2D eigenvalue weighted by Gasteiger charge is -2.26. The van der Waals surface area contributed by atoms with E-state index in [4.69, 9.17) is 18.9 Å². The number of rotatable bonds is 76. The monoisotopic (exact) mass is 1380 g/mol. The molecule has 0 heterocycles. The maximum Gasteiger partial charge on any atom is 0.306 e. The molecule has 0 radical (unpaired) electrons. The van der Waals surface area contributed by atoms with Crippen LogP contribution in [0.2, 0.25) is 0 Å². The van der Waals surface area contributed by atoms with Crippen molar-refractivity contribution in [3.8, 4) is 0 Å². The van der Waals surface area contributed by atoms with Crippen molar-refractivity contribution in [1.82, 2.24) is 0 Å². The summed E-state index contributed by atoms with van der Waals surface area (Å²) < 4.78 is 22.9. The summed E-state index contributed by atoms with van der Waals surface area (Å²) >= 11 is 0. The molecule has 0 aromatic heterocycles. The molecule has 0 rings (SSSR count). The average Bonchev–Trinajstić information content (AvgIpc) is 2.19. The van der Waals surface area contributed by atoms with Crippen LogP contribution in [0.3, 0.4) is 0 Å². The number of carbonyl (C=O) groups is 3. The Morgan fingerprint density at radius 3 is 0.808 bits per heavy atom. The van der Waals surface area contributed by atoms with Gasteiger partial charge in [-0.05, 0) is 109 Å². The van der Waals surface area contributed by atoms with Gasteiger partial charge in [-0.1, -0.05) is 372 Å². The summed E-state index contributed by atoms with van der Waals surface area (Å²) in [5.41, 5.74) is 0. The van der Waals surface area contributed by atoms with Crippen LogP contribution in [-0.4, -0.2) is 82.3 Å². The minimum Gasteiger partial charge on any atom is -0.545 e. The van der Waals surface area contributed by atoms with Crippen molar-refractivity contribution in [1.29, 1.82) is 0 Å². The van der Waals surface area contributed by atoms with Gasteiger partial charge in [0.25, 0.3) is 0 Å². The molecular formula is C90H155NO8. The van der Waals surface area contributed by atoms with Crippen molar-refractivity contribution in [2.45, 2.75) is 373 Å². The summed E-state index contributed by atoms with van der Waals surface area (Å²) in [4.78, 5) is 37.6. The van der Waals surface area contributed by atoms with E-state index in [2.05, 4.69) is 148 Å². The van der Waals surface area contributed by atoms with Gasteiger partial charge in [-0.25, -0.2) is 0 Å². The molecule has 0 spiro atoms. The van der Waals surface area contributed by atoms with Crippen molar-refractivity contribution >= 4 is 17.9 Å². The van der Waals surface area contributed by atoms with Crippen molar-refractivity contribution < 1.29 is 42.9 Å². The van der Waals surface area contributed by atoms with E-state index in [0.717, 1.165) is 109 Å². The Kier molecular flexibility index (Phi) is 75.5. The molecule has 0 amide bonds. The number of carboxylic acids is 1. The lowest BCUT2D eigenvalue weighted by Crippen LogP contribution is -2.44. The number of aliphatic carboxylic acids is 1. The molecule has 0 aliphatic rings. The first-order valence-electron chi connectivity index (χ1n) is 41.3. The topological polar surface area (TPSA) is 111 Å². The van der Waals surface area contributed by atoms with E-state index in [1.807, 2.05) is 21.1 Å². The summed E-state index contributed by atoms with van der Waals surface area (Å²) in [6.07, 6.45) is 112. The van der Waals surface area contributed by atoms with E-state index >= 15 is 0 Å². The summed E-state index contributed by atoms with van der Waals surface area (Å²) in [6, 6.07) is 0. The molecule has 0 aromatic rings. The molecule has 0 aliphatic carbocycles. The zero-order valence-electron chi connectivity index (χ0n) is 65.1. The first kappa shape index (κ1) is 94.4. The van der Waals surface area contributed by atoms with E-state index in [-0.39, 0.29) is 32.2 Å². The van der Waals surface area contributed by atoms with Gasteiger partial charge in [-0.15, -0.1) is 0 Å². The van der Waals surface area contributed by atoms with Gasteiger partial charge < -0.3 is 33.3 Å². The second kappa shape index (κ2) is 79.1. The van der Waals surface area contributed by atoms with E-state index in [1.165, 1.54) is 218 Å². The molecule has 99 heavy (non-hydrogen) atoms. The van der Waals surface area contributed by atoms with Gasteiger partial charge in [0.15, 0.2) is 12.4 Å². The second-order valence-corrected chi connectivity index (χ2v) is 28.7. The highest BCUT2D eigenvalue weighted by molar-refractivity contribution is 5.70. The van der Waals surface area contributed by atoms with Crippen molar-refractivity contribution in [3.05, 3.63) is 134 Å². The van der Waals surface area contributed by atoms with Gasteiger partial charge in [0.05, 0.1) is 40.3 Å². The fourth-order valence-corrected chi connectivity index (χ4v) is 11.7. The third-order valence-corrected chi connectivity index (χ3v) is 17.9.